The first kappa shape index (κ1) is 12.4. The molecule has 80 valence electrons. The van der Waals surface area contributed by atoms with E-state index in [1.165, 1.54) is 0 Å². The summed E-state index contributed by atoms with van der Waals surface area (Å²) in [6, 6.07) is 0. The summed E-state index contributed by atoms with van der Waals surface area (Å²) in [5.41, 5.74) is 0. The molecule has 0 aromatic carbocycles. The maximum Gasteiger partial charge on any atom is 0.416 e. The molecule has 0 spiro atoms. The standard InChI is InChI=1S/C8H13NO5/c1-2-6(3-4-10)5-9(7(11)12)8(13)14/h4,6H,2-3,5H2,1H3,(H,11,12)(H,13,14)/t6-/m1/s1. The molecule has 2 N–H and O–H groups in total. The Morgan fingerprint density at radius 3 is 2.14 bits per heavy atom. The smallest absolute Gasteiger partial charge is 0.416 e. The first-order chi connectivity index (χ1) is 6.52. The van der Waals surface area contributed by atoms with Crippen LogP contribution >= 0.6 is 0 Å². The number of carbonyl (C=O) groups excluding carboxylic acids is 1. The van der Waals surface area contributed by atoms with E-state index in [0.29, 0.717) is 12.7 Å². The average molecular weight is 203 g/mol. The van der Waals surface area contributed by atoms with Gasteiger partial charge in [-0.3, -0.25) is 0 Å². The van der Waals surface area contributed by atoms with E-state index < -0.39 is 12.2 Å². The maximum atomic E-state index is 10.5. The van der Waals surface area contributed by atoms with Crippen LogP contribution in [-0.2, 0) is 4.79 Å². The van der Waals surface area contributed by atoms with E-state index in [1.807, 2.05) is 0 Å². The summed E-state index contributed by atoms with van der Waals surface area (Å²) >= 11 is 0. The lowest BCUT2D eigenvalue weighted by Gasteiger charge is -2.18. The molecule has 0 saturated carbocycles. The minimum atomic E-state index is -1.51. The summed E-state index contributed by atoms with van der Waals surface area (Å²) in [6.45, 7) is 1.62. The maximum absolute atomic E-state index is 10.5. The summed E-state index contributed by atoms with van der Waals surface area (Å²) in [5.74, 6) is -0.236. The third kappa shape index (κ3) is 3.88. The summed E-state index contributed by atoms with van der Waals surface area (Å²) in [6.07, 6.45) is -1.62. The van der Waals surface area contributed by atoms with Crippen molar-refractivity contribution in [3.63, 3.8) is 0 Å². The molecular formula is C8H13NO5. The number of aldehydes is 1. The highest BCUT2D eigenvalue weighted by atomic mass is 16.4. The summed E-state index contributed by atoms with van der Waals surface area (Å²) < 4.78 is 0. The van der Waals surface area contributed by atoms with Crippen molar-refractivity contribution in [1.82, 2.24) is 4.90 Å². The number of hydrogen-bond acceptors (Lipinski definition) is 3. The van der Waals surface area contributed by atoms with Gasteiger partial charge < -0.3 is 15.0 Å². The fourth-order valence-corrected chi connectivity index (χ4v) is 1.00. The third-order valence-corrected chi connectivity index (χ3v) is 1.91. The number of carboxylic acid groups (broad SMARTS) is 2. The highest BCUT2D eigenvalue weighted by molar-refractivity contribution is 5.85. The number of imide groups is 1. The lowest BCUT2D eigenvalue weighted by Crippen LogP contribution is -2.38. The van der Waals surface area contributed by atoms with Crippen molar-refractivity contribution >= 4 is 18.5 Å². The number of amides is 2. The second-order valence-electron chi connectivity index (χ2n) is 2.85. The predicted molar refractivity (Wildman–Crippen MR) is 47.2 cm³/mol. The predicted octanol–water partition coefficient (Wildman–Crippen LogP) is 1.26. The van der Waals surface area contributed by atoms with E-state index >= 15 is 0 Å². The van der Waals surface area contributed by atoms with Crippen molar-refractivity contribution in [2.45, 2.75) is 19.8 Å². The third-order valence-electron chi connectivity index (χ3n) is 1.91. The molecule has 6 nitrogen and oxygen atoms in total. The Labute approximate surface area is 81.1 Å². The molecule has 0 bridgehead atoms. The van der Waals surface area contributed by atoms with Gasteiger partial charge in [-0.05, 0) is 5.92 Å². The molecule has 0 aliphatic heterocycles. The molecule has 0 aliphatic carbocycles. The Morgan fingerprint density at radius 2 is 1.86 bits per heavy atom. The van der Waals surface area contributed by atoms with Gasteiger partial charge in [-0.25, -0.2) is 14.5 Å². The van der Waals surface area contributed by atoms with Gasteiger partial charge in [-0.1, -0.05) is 13.3 Å². The van der Waals surface area contributed by atoms with E-state index in [4.69, 9.17) is 10.2 Å². The van der Waals surface area contributed by atoms with Gasteiger partial charge in [0, 0.05) is 13.0 Å². The van der Waals surface area contributed by atoms with E-state index in [2.05, 4.69) is 0 Å². The molecule has 0 saturated heterocycles. The molecule has 1 atom stereocenters. The highest BCUT2D eigenvalue weighted by Crippen LogP contribution is 2.09. The van der Waals surface area contributed by atoms with E-state index in [0.717, 1.165) is 0 Å². The van der Waals surface area contributed by atoms with Gasteiger partial charge in [0.1, 0.15) is 6.29 Å². The van der Waals surface area contributed by atoms with Crippen LogP contribution in [-0.4, -0.2) is 40.1 Å². The van der Waals surface area contributed by atoms with Gasteiger partial charge in [-0.15, -0.1) is 0 Å². The van der Waals surface area contributed by atoms with Crippen LogP contribution in [0.2, 0.25) is 0 Å². The van der Waals surface area contributed by atoms with Crippen molar-refractivity contribution < 1.29 is 24.6 Å². The largest absolute Gasteiger partial charge is 0.465 e. The van der Waals surface area contributed by atoms with Crippen LogP contribution in [0.25, 0.3) is 0 Å². The van der Waals surface area contributed by atoms with Crippen molar-refractivity contribution in [2.24, 2.45) is 5.92 Å². The topological polar surface area (TPSA) is 94.9 Å². The molecular weight excluding hydrogens is 190 g/mol. The molecule has 2 amide bonds. The first-order valence-corrected chi connectivity index (χ1v) is 4.19. The van der Waals surface area contributed by atoms with Gasteiger partial charge in [0.2, 0.25) is 0 Å². The summed E-state index contributed by atoms with van der Waals surface area (Å²) in [5, 5.41) is 17.0. The number of nitrogens with zero attached hydrogens (tertiary/aromatic N) is 1. The number of rotatable bonds is 5. The van der Waals surface area contributed by atoms with Gasteiger partial charge in [-0.2, -0.15) is 0 Å². The Morgan fingerprint density at radius 1 is 1.36 bits per heavy atom. The number of hydrogen-bond donors (Lipinski definition) is 2. The van der Waals surface area contributed by atoms with Crippen LogP contribution in [0.1, 0.15) is 19.8 Å². The van der Waals surface area contributed by atoms with E-state index in [1.54, 1.807) is 6.92 Å². The van der Waals surface area contributed by atoms with Crippen molar-refractivity contribution in [2.75, 3.05) is 6.54 Å². The average Bonchev–Trinajstić information content (AvgIpc) is 2.10. The monoisotopic (exact) mass is 203 g/mol. The van der Waals surface area contributed by atoms with Gasteiger partial charge >= 0.3 is 12.2 Å². The Kier molecular flexibility index (Phi) is 5.28. The molecule has 0 unspecified atom stereocenters. The zero-order chi connectivity index (χ0) is 11.1. The normalized spacial score (nSPS) is 11.8. The first-order valence-electron chi connectivity index (χ1n) is 4.19. The molecule has 0 fully saturated rings. The van der Waals surface area contributed by atoms with Crippen molar-refractivity contribution in [1.29, 1.82) is 0 Å². The molecule has 0 aliphatic rings. The Bertz CT molecular complexity index is 214. The zero-order valence-electron chi connectivity index (χ0n) is 7.84. The molecule has 0 radical (unpaired) electrons. The zero-order valence-corrected chi connectivity index (χ0v) is 7.84. The van der Waals surface area contributed by atoms with Crippen molar-refractivity contribution in [3.8, 4) is 0 Å². The Hall–Kier alpha value is -1.59. The van der Waals surface area contributed by atoms with Gasteiger partial charge in [0.25, 0.3) is 0 Å². The molecule has 0 aromatic heterocycles. The van der Waals surface area contributed by atoms with Crippen LogP contribution in [0.3, 0.4) is 0 Å². The lowest BCUT2D eigenvalue weighted by molar-refractivity contribution is -0.108. The van der Waals surface area contributed by atoms with Gasteiger partial charge in [0.15, 0.2) is 0 Å². The summed E-state index contributed by atoms with van der Waals surface area (Å²) in [7, 11) is 0. The van der Waals surface area contributed by atoms with Gasteiger partial charge in [0.05, 0.1) is 0 Å². The molecule has 0 aromatic rings. The second-order valence-corrected chi connectivity index (χ2v) is 2.85. The highest BCUT2D eigenvalue weighted by Gasteiger charge is 2.22. The fourth-order valence-electron chi connectivity index (χ4n) is 1.00. The lowest BCUT2D eigenvalue weighted by atomic mass is 10.0. The summed E-state index contributed by atoms with van der Waals surface area (Å²) in [4.78, 5) is 31.4. The van der Waals surface area contributed by atoms with Crippen LogP contribution < -0.4 is 0 Å². The number of carbonyl (C=O) groups is 3. The second kappa shape index (κ2) is 5.95. The van der Waals surface area contributed by atoms with Crippen LogP contribution in [0.5, 0.6) is 0 Å². The minimum absolute atomic E-state index is 0.153. The van der Waals surface area contributed by atoms with E-state index in [-0.39, 0.29) is 23.8 Å². The molecule has 0 rings (SSSR count). The van der Waals surface area contributed by atoms with Crippen LogP contribution in [0, 0.1) is 5.92 Å². The van der Waals surface area contributed by atoms with Crippen LogP contribution in [0.15, 0.2) is 0 Å². The van der Waals surface area contributed by atoms with Crippen molar-refractivity contribution in [3.05, 3.63) is 0 Å². The van der Waals surface area contributed by atoms with Crippen LogP contribution in [0.4, 0.5) is 9.59 Å². The Balaban J connectivity index is 4.32. The molecule has 0 heterocycles. The fraction of sp³-hybridized carbons (Fsp3) is 0.625. The minimum Gasteiger partial charge on any atom is -0.465 e. The quantitative estimate of drug-likeness (QED) is 0.656. The molecule has 6 heteroatoms. The van der Waals surface area contributed by atoms with E-state index in [9.17, 15) is 14.4 Å². The SMILES string of the molecule is CC[C@H](CC=O)CN(C(=O)O)C(=O)O. The molecule has 14 heavy (non-hydrogen) atoms.